The minimum absolute atomic E-state index is 0.0592. The molecular formula is C22H38O. The first-order valence-electron chi connectivity index (χ1n) is 10.6. The smallest absolute Gasteiger partial charge is 0.126 e. The summed E-state index contributed by atoms with van der Waals surface area (Å²) in [5.41, 5.74) is 0.0592. The maximum atomic E-state index is 11.9. The molecule has 0 heterocycles. The Hall–Kier alpha value is -0.330. The van der Waals surface area contributed by atoms with E-state index in [1.54, 1.807) is 0 Å². The van der Waals surface area contributed by atoms with E-state index in [0.29, 0.717) is 0 Å². The molecule has 0 atom stereocenters. The van der Waals surface area contributed by atoms with Crippen LogP contribution in [0, 0.1) is 35.0 Å². The van der Waals surface area contributed by atoms with Gasteiger partial charge in [0.2, 0.25) is 0 Å². The van der Waals surface area contributed by atoms with Crippen molar-refractivity contribution in [1.82, 2.24) is 0 Å². The van der Waals surface area contributed by atoms with Gasteiger partial charge in [0.15, 0.2) is 0 Å². The van der Waals surface area contributed by atoms with Crippen LogP contribution in [0.4, 0.5) is 0 Å². The predicted octanol–water partition coefficient (Wildman–Crippen LogP) is 6.40. The van der Waals surface area contributed by atoms with Gasteiger partial charge < -0.3 is 4.79 Å². The molecule has 0 amide bonds. The van der Waals surface area contributed by atoms with Crippen LogP contribution in [0.5, 0.6) is 0 Å². The molecule has 3 fully saturated rings. The Bertz CT molecular complexity index is 363. The second-order valence-corrected chi connectivity index (χ2v) is 9.67. The van der Waals surface area contributed by atoms with Crippen LogP contribution in [0.15, 0.2) is 0 Å². The van der Waals surface area contributed by atoms with E-state index in [9.17, 15) is 4.79 Å². The van der Waals surface area contributed by atoms with Gasteiger partial charge in [0.1, 0.15) is 6.29 Å². The third-order valence-electron chi connectivity index (χ3n) is 7.83. The molecule has 0 radical (unpaired) electrons. The fraction of sp³-hybridized carbons (Fsp3) is 0.955. The zero-order valence-electron chi connectivity index (χ0n) is 15.6. The fourth-order valence-corrected chi connectivity index (χ4v) is 5.92. The fourth-order valence-electron chi connectivity index (χ4n) is 5.92. The summed E-state index contributed by atoms with van der Waals surface area (Å²) in [6.07, 6.45) is 19.0. The van der Waals surface area contributed by atoms with Crippen LogP contribution in [0.3, 0.4) is 0 Å². The minimum Gasteiger partial charge on any atom is -0.303 e. The van der Waals surface area contributed by atoms with Crippen molar-refractivity contribution in [2.45, 2.75) is 97.3 Å². The van der Waals surface area contributed by atoms with Gasteiger partial charge in [-0.2, -0.15) is 0 Å². The summed E-state index contributed by atoms with van der Waals surface area (Å²) < 4.78 is 0. The maximum absolute atomic E-state index is 11.9. The molecule has 0 unspecified atom stereocenters. The topological polar surface area (TPSA) is 17.1 Å². The molecule has 3 saturated carbocycles. The Balaban J connectivity index is 1.50. The Labute approximate surface area is 144 Å². The van der Waals surface area contributed by atoms with Crippen LogP contribution < -0.4 is 0 Å². The number of aldehydes is 1. The SMILES string of the molecule is CC1CCC(CC2(C=O)CCC(C3CCC(C)CC3)CC2)CC1. The van der Waals surface area contributed by atoms with Crippen LogP contribution >= 0.6 is 0 Å². The number of carbonyl (C=O) groups excluding carboxylic acids is 1. The maximum Gasteiger partial charge on any atom is 0.126 e. The quantitative estimate of drug-likeness (QED) is 0.548. The number of hydrogen-bond acceptors (Lipinski definition) is 1. The summed E-state index contributed by atoms with van der Waals surface area (Å²) in [5.74, 6) is 4.62. The lowest BCUT2D eigenvalue weighted by Gasteiger charge is -2.43. The van der Waals surface area contributed by atoms with Crippen molar-refractivity contribution < 1.29 is 4.79 Å². The van der Waals surface area contributed by atoms with E-state index < -0.39 is 0 Å². The first-order valence-corrected chi connectivity index (χ1v) is 10.6. The van der Waals surface area contributed by atoms with Gasteiger partial charge in [0.25, 0.3) is 0 Å². The molecule has 0 aromatic rings. The van der Waals surface area contributed by atoms with Crippen LogP contribution in [0.25, 0.3) is 0 Å². The van der Waals surface area contributed by atoms with Gasteiger partial charge in [-0.3, -0.25) is 0 Å². The van der Waals surface area contributed by atoms with Crippen LogP contribution in [-0.4, -0.2) is 6.29 Å². The van der Waals surface area contributed by atoms with Crippen molar-refractivity contribution in [3.8, 4) is 0 Å². The molecule has 0 aliphatic heterocycles. The van der Waals surface area contributed by atoms with Crippen LogP contribution in [-0.2, 0) is 4.79 Å². The average molecular weight is 319 g/mol. The Morgan fingerprint density at radius 1 is 0.739 bits per heavy atom. The zero-order valence-corrected chi connectivity index (χ0v) is 15.6. The van der Waals surface area contributed by atoms with Gasteiger partial charge in [-0.15, -0.1) is 0 Å². The van der Waals surface area contributed by atoms with Crippen molar-refractivity contribution in [2.24, 2.45) is 35.0 Å². The molecule has 0 N–H and O–H groups in total. The van der Waals surface area contributed by atoms with E-state index in [-0.39, 0.29) is 5.41 Å². The summed E-state index contributed by atoms with van der Waals surface area (Å²) in [6.45, 7) is 4.81. The van der Waals surface area contributed by atoms with Crippen molar-refractivity contribution >= 4 is 6.29 Å². The normalized spacial score (nSPS) is 45.6. The molecule has 0 aromatic carbocycles. The van der Waals surface area contributed by atoms with Gasteiger partial charge >= 0.3 is 0 Å². The van der Waals surface area contributed by atoms with Crippen molar-refractivity contribution in [1.29, 1.82) is 0 Å². The molecule has 3 rings (SSSR count). The minimum atomic E-state index is 0.0592. The third kappa shape index (κ3) is 4.40. The van der Waals surface area contributed by atoms with Crippen molar-refractivity contribution in [2.75, 3.05) is 0 Å². The highest BCUT2D eigenvalue weighted by Crippen LogP contribution is 2.48. The average Bonchev–Trinajstić information content (AvgIpc) is 2.58. The molecule has 0 saturated heterocycles. The monoisotopic (exact) mass is 318 g/mol. The summed E-state index contributed by atoms with van der Waals surface area (Å²) in [7, 11) is 0. The Kier molecular flexibility index (Phi) is 5.86. The van der Waals surface area contributed by atoms with E-state index in [1.807, 2.05) is 0 Å². The second-order valence-electron chi connectivity index (χ2n) is 9.67. The van der Waals surface area contributed by atoms with Crippen molar-refractivity contribution in [3.63, 3.8) is 0 Å². The third-order valence-corrected chi connectivity index (χ3v) is 7.83. The van der Waals surface area contributed by atoms with Gasteiger partial charge in [-0.1, -0.05) is 52.4 Å². The van der Waals surface area contributed by atoms with Crippen LogP contribution in [0.1, 0.15) is 97.3 Å². The second kappa shape index (κ2) is 7.70. The van der Waals surface area contributed by atoms with Gasteiger partial charge in [-0.25, -0.2) is 0 Å². The summed E-state index contributed by atoms with van der Waals surface area (Å²) >= 11 is 0. The highest BCUT2D eigenvalue weighted by Gasteiger charge is 2.39. The first kappa shape index (κ1) is 17.5. The number of rotatable bonds is 4. The first-order chi connectivity index (χ1) is 11.1. The lowest BCUT2D eigenvalue weighted by molar-refractivity contribution is -0.120. The zero-order chi connectivity index (χ0) is 16.3. The summed E-state index contributed by atoms with van der Waals surface area (Å²) in [4.78, 5) is 11.9. The van der Waals surface area contributed by atoms with E-state index in [4.69, 9.17) is 0 Å². The molecule has 0 aromatic heterocycles. The lowest BCUT2D eigenvalue weighted by atomic mass is 9.61. The molecule has 0 spiro atoms. The standard InChI is InChI=1S/C22H38O/c1-17-3-7-19(8-4-17)15-22(16-23)13-11-21(12-14-22)20-9-5-18(2)6-10-20/h16-21H,3-15H2,1-2H3. The highest BCUT2D eigenvalue weighted by atomic mass is 16.1. The van der Waals surface area contributed by atoms with E-state index in [0.717, 1.165) is 29.6 Å². The van der Waals surface area contributed by atoms with E-state index >= 15 is 0 Å². The van der Waals surface area contributed by atoms with Gasteiger partial charge in [0, 0.05) is 5.41 Å². The lowest BCUT2D eigenvalue weighted by Crippen LogP contribution is -2.35. The van der Waals surface area contributed by atoms with Gasteiger partial charge in [0.05, 0.1) is 0 Å². The molecular weight excluding hydrogens is 280 g/mol. The number of hydrogen-bond donors (Lipinski definition) is 0. The van der Waals surface area contributed by atoms with Crippen molar-refractivity contribution in [3.05, 3.63) is 0 Å². The van der Waals surface area contributed by atoms with Gasteiger partial charge in [-0.05, 0) is 74.5 Å². The molecule has 1 heteroatoms. The summed E-state index contributed by atoms with van der Waals surface area (Å²) in [5, 5.41) is 0. The molecule has 3 aliphatic rings. The largest absolute Gasteiger partial charge is 0.303 e. The number of carbonyl (C=O) groups is 1. The molecule has 23 heavy (non-hydrogen) atoms. The Morgan fingerprint density at radius 2 is 1.22 bits per heavy atom. The molecule has 3 aliphatic carbocycles. The molecule has 1 nitrogen and oxygen atoms in total. The molecule has 132 valence electrons. The highest BCUT2D eigenvalue weighted by molar-refractivity contribution is 5.59. The summed E-state index contributed by atoms with van der Waals surface area (Å²) in [6, 6.07) is 0. The Morgan fingerprint density at radius 3 is 1.74 bits per heavy atom. The predicted molar refractivity (Wildman–Crippen MR) is 97.3 cm³/mol. The molecule has 0 bridgehead atoms. The van der Waals surface area contributed by atoms with E-state index in [2.05, 4.69) is 13.8 Å². The van der Waals surface area contributed by atoms with E-state index in [1.165, 1.54) is 89.8 Å². The van der Waals surface area contributed by atoms with Crippen LogP contribution in [0.2, 0.25) is 0 Å².